The van der Waals surface area contributed by atoms with Crippen molar-refractivity contribution in [3.05, 3.63) is 36.3 Å². The molecule has 0 aliphatic heterocycles. The zero-order valence-electron chi connectivity index (χ0n) is 10.6. The number of thiazole rings is 1. The molecule has 0 fully saturated rings. The molecule has 0 spiro atoms. The fourth-order valence-corrected chi connectivity index (χ4v) is 2.39. The second-order valence-corrected chi connectivity index (χ2v) is 4.57. The molecule has 2 aromatic rings. The molecule has 0 amide bonds. The van der Waals surface area contributed by atoms with Gasteiger partial charge in [-0.25, -0.2) is 9.78 Å². The normalized spacial score (nSPS) is 10.6. The van der Waals surface area contributed by atoms with Gasteiger partial charge in [-0.3, -0.25) is 4.98 Å². The Labute approximate surface area is 115 Å². The highest BCUT2D eigenvalue weighted by Gasteiger charge is 2.10. The van der Waals surface area contributed by atoms with Crippen LogP contribution in [0.25, 0.3) is 16.5 Å². The topological polar surface area (TPSA) is 64.1 Å². The molecule has 0 saturated heterocycles. The van der Waals surface area contributed by atoms with E-state index in [0.717, 1.165) is 21.3 Å². The Bertz CT molecular complexity index is 593. The van der Waals surface area contributed by atoms with Gasteiger partial charge in [0.25, 0.3) is 0 Å². The summed E-state index contributed by atoms with van der Waals surface area (Å²) in [5.74, 6) is -0.403. The van der Waals surface area contributed by atoms with E-state index >= 15 is 0 Å². The Kier molecular flexibility index (Phi) is 4.25. The van der Waals surface area contributed by atoms with Crippen molar-refractivity contribution < 1.29 is 9.53 Å². The SMILES string of the molecule is CNc1nc(/C=C/C(=O)OC)c(-c2ccncc2)s1. The average molecular weight is 275 g/mol. The van der Waals surface area contributed by atoms with Crippen LogP contribution in [0.5, 0.6) is 0 Å². The summed E-state index contributed by atoms with van der Waals surface area (Å²) in [6, 6.07) is 3.81. The smallest absolute Gasteiger partial charge is 0.330 e. The predicted octanol–water partition coefficient (Wildman–Crippen LogP) is 2.43. The molecule has 0 aliphatic carbocycles. The molecule has 2 aromatic heterocycles. The number of carbonyl (C=O) groups is 1. The van der Waals surface area contributed by atoms with Crippen molar-refractivity contribution >= 4 is 28.5 Å². The molecule has 19 heavy (non-hydrogen) atoms. The third-order valence-electron chi connectivity index (χ3n) is 2.39. The highest BCUT2D eigenvalue weighted by atomic mass is 32.1. The molecule has 0 atom stereocenters. The molecule has 0 aliphatic rings. The van der Waals surface area contributed by atoms with Crippen LogP contribution in [0, 0.1) is 0 Å². The monoisotopic (exact) mass is 275 g/mol. The molecule has 2 heterocycles. The largest absolute Gasteiger partial charge is 0.466 e. The van der Waals surface area contributed by atoms with Crippen LogP contribution in [0.2, 0.25) is 0 Å². The van der Waals surface area contributed by atoms with Crippen LogP contribution in [0.4, 0.5) is 5.13 Å². The van der Waals surface area contributed by atoms with Crippen LogP contribution in [0.3, 0.4) is 0 Å². The zero-order chi connectivity index (χ0) is 13.7. The minimum Gasteiger partial charge on any atom is -0.466 e. The number of aromatic nitrogens is 2. The molecule has 98 valence electrons. The van der Waals surface area contributed by atoms with E-state index in [9.17, 15) is 4.79 Å². The minimum atomic E-state index is -0.403. The summed E-state index contributed by atoms with van der Waals surface area (Å²) in [6.07, 6.45) is 6.46. The first-order valence-electron chi connectivity index (χ1n) is 5.59. The van der Waals surface area contributed by atoms with E-state index in [1.54, 1.807) is 18.5 Å². The number of esters is 1. The minimum absolute atomic E-state index is 0.403. The van der Waals surface area contributed by atoms with Gasteiger partial charge in [0.15, 0.2) is 5.13 Å². The van der Waals surface area contributed by atoms with Gasteiger partial charge < -0.3 is 10.1 Å². The van der Waals surface area contributed by atoms with Crippen molar-refractivity contribution in [1.82, 2.24) is 9.97 Å². The molecular weight excluding hydrogens is 262 g/mol. The Morgan fingerprint density at radius 1 is 1.42 bits per heavy atom. The highest BCUT2D eigenvalue weighted by Crippen LogP contribution is 2.33. The molecular formula is C13H13N3O2S. The molecule has 6 heteroatoms. The van der Waals surface area contributed by atoms with Crippen molar-refractivity contribution in [2.24, 2.45) is 0 Å². The molecule has 0 saturated carbocycles. The summed E-state index contributed by atoms with van der Waals surface area (Å²) < 4.78 is 4.57. The van der Waals surface area contributed by atoms with E-state index < -0.39 is 5.97 Å². The number of rotatable bonds is 4. The lowest BCUT2D eigenvalue weighted by Crippen LogP contribution is -1.93. The van der Waals surface area contributed by atoms with Crippen LogP contribution >= 0.6 is 11.3 Å². The van der Waals surface area contributed by atoms with Crippen LogP contribution in [-0.2, 0) is 9.53 Å². The summed E-state index contributed by atoms with van der Waals surface area (Å²) in [4.78, 5) is 20.5. The number of hydrogen-bond acceptors (Lipinski definition) is 6. The van der Waals surface area contributed by atoms with E-state index in [-0.39, 0.29) is 0 Å². The van der Waals surface area contributed by atoms with E-state index in [4.69, 9.17) is 0 Å². The van der Waals surface area contributed by atoms with E-state index in [2.05, 4.69) is 20.0 Å². The summed E-state index contributed by atoms with van der Waals surface area (Å²) in [5.41, 5.74) is 1.74. The number of nitrogens with one attached hydrogen (secondary N) is 1. The lowest BCUT2D eigenvalue weighted by atomic mass is 10.2. The molecule has 2 rings (SSSR count). The number of ether oxygens (including phenoxy) is 1. The number of nitrogens with zero attached hydrogens (tertiary/aromatic N) is 2. The predicted molar refractivity (Wildman–Crippen MR) is 75.9 cm³/mol. The first kappa shape index (κ1) is 13.2. The van der Waals surface area contributed by atoms with Crippen LogP contribution < -0.4 is 5.32 Å². The van der Waals surface area contributed by atoms with Gasteiger partial charge >= 0.3 is 5.97 Å². The quantitative estimate of drug-likeness (QED) is 0.686. The molecule has 5 nitrogen and oxygen atoms in total. The van der Waals surface area contributed by atoms with Crippen molar-refractivity contribution in [3.8, 4) is 10.4 Å². The summed E-state index contributed by atoms with van der Waals surface area (Å²) in [6.45, 7) is 0. The Balaban J connectivity index is 2.40. The number of anilines is 1. The molecule has 1 N–H and O–H groups in total. The van der Waals surface area contributed by atoms with E-state index in [1.165, 1.54) is 24.5 Å². The maximum absolute atomic E-state index is 11.2. The molecule has 0 aromatic carbocycles. The van der Waals surface area contributed by atoms with Gasteiger partial charge in [0.05, 0.1) is 17.7 Å². The van der Waals surface area contributed by atoms with Crippen LogP contribution in [0.15, 0.2) is 30.6 Å². The van der Waals surface area contributed by atoms with E-state index in [1.807, 2.05) is 19.2 Å². The van der Waals surface area contributed by atoms with E-state index in [0.29, 0.717) is 0 Å². The lowest BCUT2D eigenvalue weighted by molar-refractivity contribution is -0.134. The Morgan fingerprint density at radius 2 is 2.16 bits per heavy atom. The van der Waals surface area contributed by atoms with Gasteiger partial charge in [-0.05, 0) is 23.8 Å². The summed E-state index contributed by atoms with van der Waals surface area (Å²) >= 11 is 1.52. The first-order valence-corrected chi connectivity index (χ1v) is 6.41. The number of methoxy groups -OCH3 is 1. The summed E-state index contributed by atoms with van der Waals surface area (Å²) in [7, 11) is 3.15. The number of pyridine rings is 1. The Morgan fingerprint density at radius 3 is 2.79 bits per heavy atom. The number of hydrogen-bond donors (Lipinski definition) is 1. The van der Waals surface area contributed by atoms with Crippen molar-refractivity contribution in [1.29, 1.82) is 0 Å². The zero-order valence-corrected chi connectivity index (χ0v) is 11.4. The van der Waals surface area contributed by atoms with Crippen LogP contribution in [-0.4, -0.2) is 30.1 Å². The summed E-state index contributed by atoms with van der Waals surface area (Å²) in [5, 5.41) is 3.79. The average Bonchev–Trinajstić information content (AvgIpc) is 2.89. The first-order chi connectivity index (χ1) is 9.24. The van der Waals surface area contributed by atoms with Gasteiger partial charge in [0.1, 0.15) is 0 Å². The van der Waals surface area contributed by atoms with Gasteiger partial charge in [-0.15, -0.1) is 0 Å². The highest BCUT2D eigenvalue weighted by molar-refractivity contribution is 7.19. The molecule has 0 radical (unpaired) electrons. The maximum Gasteiger partial charge on any atom is 0.330 e. The van der Waals surface area contributed by atoms with Crippen molar-refractivity contribution in [3.63, 3.8) is 0 Å². The van der Waals surface area contributed by atoms with Gasteiger partial charge in [0.2, 0.25) is 0 Å². The fraction of sp³-hybridized carbons (Fsp3) is 0.154. The van der Waals surface area contributed by atoms with Gasteiger partial charge in [-0.1, -0.05) is 11.3 Å². The molecule has 0 unspecified atom stereocenters. The van der Waals surface area contributed by atoms with Gasteiger partial charge in [-0.2, -0.15) is 0 Å². The van der Waals surface area contributed by atoms with Crippen molar-refractivity contribution in [2.45, 2.75) is 0 Å². The Hall–Kier alpha value is -2.21. The fourth-order valence-electron chi connectivity index (χ4n) is 1.48. The second-order valence-electron chi connectivity index (χ2n) is 3.58. The number of carbonyl (C=O) groups excluding carboxylic acids is 1. The lowest BCUT2D eigenvalue weighted by Gasteiger charge is -1.97. The third-order valence-corrected chi connectivity index (χ3v) is 3.53. The second kappa shape index (κ2) is 6.10. The maximum atomic E-state index is 11.2. The molecule has 0 bridgehead atoms. The van der Waals surface area contributed by atoms with Gasteiger partial charge in [0, 0.05) is 25.5 Å². The third kappa shape index (κ3) is 3.17. The van der Waals surface area contributed by atoms with Crippen molar-refractivity contribution in [2.75, 3.05) is 19.5 Å². The standard InChI is InChI=1S/C13H13N3O2S/c1-14-13-16-10(3-4-11(17)18-2)12(19-13)9-5-7-15-8-6-9/h3-8H,1-2H3,(H,14,16)/b4-3+. The van der Waals surface area contributed by atoms with Crippen LogP contribution in [0.1, 0.15) is 5.69 Å².